The highest BCUT2D eigenvalue weighted by Crippen LogP contribution is 2.21. The Kier molecular flexibility index (Phi) is 3.44. The van der Waals surface area contributed by atoms with Gasteiger partial charge in [-0.3, -0.25) is 0 Å². The maximum absolute atomic E-state index is 13.6. The van der Waals surface area contributed by atoms with E-state index in [1.165, 1.54) is 12.1 Å². The van der Waals surface area contributed by atoms with E-state index >= 15 is 0 Å². The predicted octanol–water partition coefficient (Wildman–Crippen LogP) is 1.16. The lowest BCUT2D eigenvalue weighted by molar-refractivity contribution is 0.449. The molecule has 0 amide bonds. The van der Waals surface area contributed by atoms with Crippen molar-refractivity contribution in [2.75, 3.05) is 13.1 Å². The summed E-state index contributed by atoms with van der Waals surface area (Å²) in [6.07, 6.45) is 0.694. The van der Waals surface area contributed by atoms with Gasteiger partial charge < -0.3 is 5.32 Å². The largest absolute Gasteiger partial charge is 0.315 e. The summed E-state index contributed by atoms with van der Waals surface area (Å²) in [6.45, 7) is 4.87. The van der Waals surface area contributed by atoms with Gasteiger partial charge in [-0.1, -0.05) is 6.07 Å². The van der Waals surface area contributed by atoms with E-state index in [1.54, 1.807) is 13.0 Å². The van der Waals surface area contributed by atoms with Gasteiger partial charge >= 0.3 is 0 Å². The van der Waals surface area contributed by atoms with E-state index in [0.29, 0.717) is 18.5 Å². The number of benzene rings is 1. The molecule has 6 heteroatoms. The summed E-state index contributed by atoms with van der Waals surface area (Å²) in [4.78, 5) is -0.282. The number of sulfonamides is 1. The quantitative estimate of drug-likeness (QED) is 0.868. The fourth-order valence-electron chi connectivity index (χ4n) is 2.10. The fraction of sp³-hybridized carbons (Fsp3) is 0.500. The molecule has 1 aliphatic rings. The van der Waals surface area contributed by atoms with Crippen molar-refractivity contribution >= 4 is 10.0 Å². The normalized spacial score (nSPS) is 24.4. The van der Waals surface area contributed by atoms with Gasteiger partial charge in [0, 0.05) is 12.1 Å². The topological polar surface area (TPSA) is 58.2 Å². The zero-order valence-electron chi connectivity index (χ0n) is 10.5. The minimum Gasteiger partial charge on any atom is -0.315 e. The SMILES string of the molecule is Cc1ccc(F)c(S(=O)(=O)NC2(C)CCNC2)c1. The standard InChI is InChI=1S/C12H17FN2O2S/c1-9-3-4-10(13)11(7-9)18(16,17)15-12(2)5-6-14-8-12/h3-4,7,14-15H,5-6,8H2,1-2H3. The second-order valence-electron chi connectivity index (χ2n) is 5.03. The average molecular weight is 272 g/mol. The molecule has 18 heavy (non-hydrogen) atoms. The molecule has 100 valence electrons. The first kappa shape index (κ1) is 13.5. The smallest absolute Gasteiger partial charge is 0.244 e. The molecule has 0 spiro atoms. The van der Waals surface area contributed by atoms with Crippen LogP contribution in [0.1, 0.15) is 18.9 Å². The van der Waals surface area contributed by atoms with Gasteiger partial charge in [-0.25, -0.2) is 17.5 Å². The van der Waals surface area contributed by atoms with Gasteiger partial charge in [-0.05, 0) is 44.5 Å². The van der Waals surface area contributed by atoms with Crippen LogP contribution in [-0.2, 0) is 10.0 Å². The van der Waals surface area contributed by atoms with Gasteiger partial charge in [0.1, 0.15) is 10.7 Å². The average Bonchev–Trinajstić information content (AvgIpc) is 2.67. The molecular weight excluding hydrogens is 255 g/mol. The lowest BCUT2D eigenvalue weighted by atomic mass is 10.0. The number of aryl methyl sites for hydroxylation is 1. The molecule has 1 aromatic carbocycles. The van der Waals surface area contributed by atoms with E-state index in [-0.39, 0.29) is 4.90 Å². The van der Waals surface area contributed by atoms with Gasteiger partial charge in [-0.2, -0.15) is 0 Å². The third-order valence-corrected chi connectivity index (χ3v) is 4.78. The Morgan fingerprint density at radius 2 is 2.17 bits per heavy atom. The summed E-state index contributed by atoms with van der Waals surface area (Å²) in [5.74, 6) is -0.720. The Hall–Kier alpha value is -0.980. The Morgan fingerprint density at radius 3 is 2.78 bits per heavy atom. The maximum Gasteiger partial charge on any atom is 0.244 e. The Bertz CT molecular complexity index is 551. The number of rotatable bonds is 3. The van der Waals surface area contributed by atoms with Crippen molar-refractivity contribution in [1.29, 1.82) is 0 Å². The van der Waals surface area contributed by atoms with Crippen molar-refractivity contribution in [2.24, 2.45) is 0 Å². The summed E-state index contributed by atoms with van der Waals surface area (Å²) >= 11 is 0. The molecule has 1 saturated heterocycles. The first-order valence-electron chi connectivity index (χ1n) is 5.83. The number of nitrogens with one attached hydrogen (secondary N) is 2. The van der Waals surface area contributed by atoms with Gasteiger partial charge in [0.05, 0.1) is 0 Å². The van der Waals surface area contributed by atoms with Gasteiger partial charge in [0.25, 0.3) is 0 Å². The van der Waals surface area contributed by atoms with E-state index in [4.69, 9.17) is 0 Å². The summed E-state index contributed by atoms with van der Waals surface area (Å²) in [6, 6.07) is 4.08. The highest BCUT2D eigenvalue weighted by Gasteiger charge is 2.34. The molecule has 0 saturated carbocycles. The van der Waals surface area contributed by atoms with Crippen LogP contribution in [0.4, 0.5) is 4.39 Å². The summed E-state index contributed by atoms with van der Waals surface area (Å²) in [7, 11) is -3.82. The maximum atomic E-state index is 13.6. The van der Waals surface area contributed by atoms with Crippen LogP contribution in [0.25, 0.3) is 0 Å². The molecule has 2 rings (SSSR count). The summed E-state index contributed by atoms with van der Waals surface area (Å²) < 4.78 is 40.6. The molecule has 0 bridgehead atoms. The van der Waals surface area contributed by atoms with Crippen LogP contribution in [-0.4, -0.2) is 27.0 Å². The minimum absolute atomic E-state index is 0.282. The molecule has 0 aliphatic carbocycles. The number of halogens is 1. The van der Waals surface area contributed by atoms with E-state index in [0.717, 1.165) is 6.54 Å². The zero-order chi connectivity index (χ0) is 13.4. The van der Waals surface area contributed by atoms with Crippen LogP contribution < -0.4 is 10.0 Å². The molecule has 0 radical (unpaired) electrons. The Labute approximate surface area is 107 Å². The molecular formula is C12H17FN2O2S. The van der Waals surface area contributed by atoms with Crippen molar-refractivity contribution in [2.45, 2.75) is 30.7 Å². The number of hydrogen-bond acceptors (Lipinski definition) is 3. The number of hydrogen-bond donors (Lipinski definition) is 2. The van der Waals surface area contributed by atoms with Crippen LogP contribution in [0, 0.1) is 12.7 Å². The zero-order valence-corrected chi connectivity index (χ0v) is 11.3. The Balaban J connectivity index is 2.33. The lowest BCUT2D eigenvalue weighted by Crippen LogP contribution is -2.47. The van der Waals surface area contributed by atoms with Crippen molar-refractivity contribution in [3.05, 3.63) is 29.6 Å². The molecule has 4 nitrogen and oxygen atoms in total. The van der Waals surface area contributed by atoms with Crippen molar-refractivity contribution in [3.63, 3.8) is 0 Å². The molecule has 1 unspecified atom stereocenters. The summed E-state index contributed by atoms with van der Waals surface area (Å²) in [5.41, 5.74) is 0.168. The molecule has 1 aliphatic heterocycles. The van der Waals surface area contributed by atoms with Crippen LogP contribution >= 0.6 is 0 Å². The molecule has 0 aromatic heterocycles. The third kappa shape index (κ3) is 2.71. The van der Waals surface area contributed by atoms with E-state index in [1.807, 2.05) is 6.92 Å². The van der Waals surface area contributed by atoms with Crippen LogP contribution in [0.3, 0.4) is 0 Å². The van der Waals surface area contributed by atoms with E-state index < -0.39 is 21.4 Å². The van der Waals surface area contributed by atoms with Crippen molar-refractivity contribution < 1.29 is 12.8 Å². The van der Waals surface area contributed by atoms with E-state index in [9.17, 15) is 12.8 Å². The van der Waals surface area contributed by atoms with Crippen LogP contribution in [0.5, 0.6) is 0 Å². The summed E-state index contributed by atoms with van der Waals surface area (Å²) in [5, 5.41) is 3.09. The van der Waals surface area contributed by atoms with Crippen molar-refractivity contribution in [3.8, 4) is 0 Å². The monoisotopic (exact) mass is 272 g/mol. The minimum atomic E-state index is -3.82. The second-order valence-corrected chi connectivity index (χ2v) is 6.68. The van der Waals surface area contributed by atoms with Gasteiger partial charge in [0.2, 0.25) is 10.0 Å². The fourth-order valence-corrected chi connectivity index (χ4v) is 3.70. The first-order chi connectivity index (χ1) is 8.32. The molecule has 1 fully saturated rings. The van der Waals surface area contributed by atoms with Gasteiger partial charge in [-0.15, -0.1) is 0 Å². The van der Waals surface area contributed by atoms with E-state index in [2.05, 4.69) is 10.0 Å². The third-order valence-electron chi connectivity index (χ3n) is 3.13. The van der Waals surface area contributed by atoms with Gasteiger partial charge in [0.15, 0.2) is 0 Å². The molecule has 1 atom stereocenters. The molecule has 1 heterocycles. The second kappa shape index (κ2) is 4.60. The van der Waals surface area contributed by atoms with Crippen molar-refractivity contribution in [1.82, 2.24) is 10.0 Å². The highest BCUT2D eigenvalue weighted by atomic mass is 32.2. The molecule has 1 aromatic rings. The Morgan fingerprint density at radius 1 is 1.44 bits per heavy atom. The first-order valence-corrected chi connectivity index (χ1v) is 7.32. The highest BCUT2D eigenvalue weighted by molar-refractivity contribution is 7.89. The molecule has 2 N–H and O–H groups in total. The van der Waals surface area contributed by atoms with Crippen LogP contribution in [0.2, 0.25) is 0 Å². The lowest BCUT2D eigenvalue weighted by Gasteiger charge is -2.24. The predicted molar refractivity (Wildman–Crippen MR) is 67.4 cm³/mol. The van der Waals surface area contributed by atoms with Crippen LogP contribution in [0.15, 0.2) is 23.1 Å².